The van der Waals surface area contributed by atoms with E-state index in [0.717, 1.165) is 22.6 Å². The van der Waals surface area contributed by atoms with Crippen LogP contribution in [-0.4, -0.2) is 17.8 Å². The number of carbonyl (C=O) groups excluding carboxylic acids is 3. The number of benzene rings is 2. The number of hydrogen-bond acceptors (Lipinski definition) is 3. The maximum atomic E-state index is 13.1. The SMILES string of the molecule is CC(C)c1ccc(/C=C2\C(=O)NC(=O)N(c3ccc(F)cc3)C2=O)cc1. The zero-order chi connectivity index (χ0) is 18.8. The van der Waals surface area contributed by atoms with E-state index < -0.39 is 23.7 Å². The first kappa shape index (κ1) is 17.5. The van der Waals surface area contributed by atoms with Crippen LogP contribution in [0, 0.1) is 5.82 Å². The third-order valence-corrected chi connectivity index (χ3v) is 4.10. The summed E-state index contributed by atoms with van der Waals surface area (Å²) in [6, 6.07) is 11.5. The van der Waals surface area contributed by atoms with Gasteiger partial charge in [0.25, 0.3) is 11.8 Å². The summed E-state index contributed by atoms with van der Waals surface area (Å²) < 4.78 is 13.1. The molecule has 0 aliphatic carbocycles. The van der Waals surface area contributed by atoms with E-state index >= 15 is 0 Å². The molecule has 0 radical (unpaired) electrons. The molecule has 1 N–H and O–H groups in total. The third kappa shape index (κ3) is 3.39. The van der Waals surface area contributed by atoms with Gasteiger partial charge in [-0.05, 0) is 47.4 Å². The number of hydrogen-bond donors (Lipinski definition) is 1. The van der Waals surface area contributed by atoms with Crippen LogP contribution in [0.4, 0.5) is 14.9 Å². The quantitative estimate of drug-likeness (QED) is 0.678. The van der Waals surface area contributed by atoms with E-state index in [2.05, 4.69) is 19.2 Å². The van der Waals surface area contributed by atoms with Gasteiger partial charge >= 0.3 is 6.03 Å². The Morgan fingerprint density at radius 3 is 2.15 bits per heavy atom. The van der Waals surface area contributed by atoms with Gasteiger partial charge in [0.05, 0.1) is 5.69 Å². The molecule has 2 aromatic carbocycles. The minimum Gasteiger partial charge on any atom is -0.273 e. The number of amides is 4. The van der Waals surface area contributed by atoms with Crippen LogP contribution in [0.15, 0.2) is 54.1 Å². The van der Waals surface area contributed by atoms with E-state index in [1.807, 2.05) is 24.3 Å². The minimum atomic E-state index is -0.862. The van der Waals surface area contributed by atoms with Crippen LogP contribution in [0.2, 0.25) is 0 Å². The summed E-state index contributed by atoms with van der Waals surface area (Å²) in [5.41, 5.74) is 1.82. The van der Waals surface area contributed by atoms with Crippen molar-refractivity contribution in [3.05, 3.63) is 71.0 Å². The average Bonchev–Trinajstić information content (AvgIpc) is 2.60. The molecule has 2 aromatic rings. The highest BCUT2D eigenvalue weighted by atomic mass is 19.1. The van der Waals surface area contributed by atoms with Crippen molar-refractivity contribution in [2.45, 2.75) is 19.8 Å². The van der Waals surface area contributed by atoms with Gasteiger partial charge in [0, 0.05) is 0 Å². The molecule has 3 rings (SSSR count). The Morgan fingerprint density at radius 2 is 1.58 bits per heavy atom. The lowest BCUT2D eigenvalue weighted by Crippen LogP contribution is -2.54. The van der Waals surface area contributed by atoms with Crippen molar-refractivity contribution in [1.29, 1.82) is 0 Å². The Labute approximate surface area is 150 Å². The summed E-state index contributed by atoms with van der Waals surface area (Å²) in [6.45, 7) is 4.13. The Hall–Kier alpha value is -3.28. The summed E-state index contributed by atoms with van der Waals surface area (Å²) >= 11 is 0. The maximum absolute atomic E-state index is 13.1. The van der Waals surface area contributed by atoms with Gasteiger partial charge in [0.2, 0.25) is 0 Å². The topological polar surface area (TPSA) is 66.5 Å². The van der Waals surface area contributed by atoms with Crippen LogP contribution in [0.3, 0.4) is 0 Å². The number of barbiturate groups is 1. The van der Waals surface area contributed by atoms with Gasteiger partial charge < -0.3 is 0 Å². The first-order valence-corrected chi connectivity index (χ1v) is 8.14. The van der Waals surface area contributed by atoms with Crippen molar-refractivity contribution >= 4 is 29.6 Å². The summed E-state index contributed by atoms with van der Waals surface area (Å²) in [5.74, 6) is -1.64. The van der Waals surface area contributed by atoms with E-state index in [0.29, 0.717) is 11.5 Å². The monoisotopic (exact) mass is 352 g/mol. The minimum absolute atomic E-state index is 0.161. The number of anilines is 1. The fourth-order valence-corrected chi connectivity index (χ4v) is 2.63. The summed E-state index contributed by atoms with van der Waals surface area (Å²) in [4.78, 5) is 37.7. The second kappa shape index (κ2) is 6.92. The van der Waals surface area contributed by atoms with Crippen LogP contribution in [0.5, 0.6) is 0 Å². The normalized spacial score (nSPS) is 16.4. The number of urea groups is 1. The number of nitrogens with zero attached hydrogens (tertiary/aromatic N) is 1. The molecule has 0 saturated carbocycles. The summed E-state index contributed by atoms with van der Waals surface area (Å²) in [5, 5.41) is 2.14. The molecule has 0 unspecified atom stereocenters. The lowest BCUT2D eigenvalue weighted by molar-refractivity contribution is -0.122. The van der Waals surface area contributed by atoms with Crippen molar-refractivity contribution in [2.75, 3.05) is 4.90 Å². The Morgan fingerprint density at radius 1 is 0.962 bits per heavy atom. The smallest absolute Gasteiger partial charge is 0.273 e. The molecule has 1 aliphatic rings. The second-order valence-corrected chi connectivity index (χ2v) is 6.26. The Bertz CT molecular complexity index is 900. The lowest BCUT2D eigenvalue weighted by atomic mass is 10.0. The van der Waals surface area contributed by atoms with E-state index in [-0.39, 0.29) is 11.3 Å². The van der Waals surface area contributed by atoms with Crippen molar-refractivity contribution in [1.82, 2.24) is 5.32 Å². The lowest BCUT2D eigenvalue weighted by Gasteiger charge is -2.26. The molecule has 1 aliphatic heterocycles. The van der Waals surface area contributed by atoms with Gasteiger partial charge in [0.15, 0.2) is 0 Å². The summed E-state index contributed by atoms with van der Waals surface area (Å²) in [6.07, 6.45) is 1.44. The first-order chi connectivity index (χ1) is 12.4. The first-order valence-electron chi connectivity index (χ1n) is 8.14. The number of carbonyl (C=O) groups is 3. The average molecular weight is 352 g/mol. The predicted molar refractivity (Wildman–Crippen MR) is 95.9 cm³/mol. The second-order valence-electron chi connectivity index (χ2n) is 6.26. The van der Waals surface area contributed by atoms with Crippen LogP contribution in [0.25, 0.3) is 6.08 Å². The van der Waals surface area contributed by atoms with Crippen LogP contribution in [-0.2, 0) is 9.59 Å². The predicted octanol–water partition coefficient (Wildman–Crippen LogP) is 3.62. The highest BCUT2D eigenvalue weighted by Crippen LogP contribution is 2.23. The van der Waals surface area contributed by atoms with Crippen molar-refractivity contribution < 1.29 is 18.8 Å². The van der Waals surface area contributed by atoms with Crippen molar-refractivity contribution in [2.24, 2.45) is 0 Å². The van der Waals surface area contributed by atoms with E-state index in [4.69, 9.17) is 0 Å². The molecule has 1 fully saturated rings. The number of halogens is 1. The fourth-order valence-electron chi connectivity index (χ4n) is 2.63. The van der Waals surface area contributed by atoms with E-state index in [1.54, 1.807) is 0 Å². The molecule has 0 spiro atoms. The zero-order valence-corrected chi connectivity index (χ0v) is 14.3. The molecule has 5 nitrogen and oxygen atoms in total. The van der Waals surface area contributed by atoms with Gasteiger partial charge in [-0.2, -0.15) is 0 Å². The number of imide groups is 2. The van der Waals surface area contributed by atoms with Crippen LogP contribution < -0.4 is 10.2 Å². The van der Waals surface area contributed by atoms with Gasteiger partial charge in [-0.3, -0.25) is 14.9 Å². The third-order valence-electron chi connectivity index (χ3n) is 4.10. The van der Waals surface area contributed by atoms with Gasteiger partial charge in [-0.1, -0.05) is 38.1 Å². The zero-order valence-electron chi connectivity index (χ0n) is 14.3. The maximum Gasteiger partial charge on any atom is 0.335 e. The number of rotatable bonds is 3. The molecule has 26 heavy (non-hydrogen) atoms. The van der Waals surface area contributed by atoms with Crippen molar-refractivity contribution in [3.63, 3.8) is 0 Å². The number of nitrogens with one attached hydrogen (secondary N) is 1. The van der Waals surface area contributed by atoms with Crippen LogP contribution >= 0.6 is 0 Å². The van der Waals surface area contributed by atoms with Crippen LogP contribution in [0.1, 0.15) is 30.9 Å². The van der Waals surface area contributed by atoms with Gasteiger partial charge in [0.1, 0.15) is 11.4 Å². The standard InChI is InChI=1S/C20H17FN2O3/c1-12(2)14-5-3-13(4-6-14)11-17-18(24)22-20(26)23(19(17)25)16-9-7-15(21)8-10-16/h3-12H,1-2H3,(H,22,24,26)/b17-11+. The molecule has 132 valence electrons. The molecular weight excluding hydrogens is 335 g/mol. The molecular formula is C20H17FN2O3. The van der Waals surface area contributed by atoms with Crippen molar-refractivity contribution in [3.8, 4) is 0 Å². The molecule has 0 aromatic heterocycles. The molecule has 4 amide bonds. The Balaban J connectivity index is 1.95. The Kier molecular flexibility index (Phi) is 4.67. The van der Waals surface area contributed by atoms with E-state index in [9.17, 15) is 18.8 Å². The molecule has 6 heteroatoms. The summed E-state index contributed by atoms with van der Waals surface area (Å²) in [7, 11) is 0. The van der Waals surface area contributed by atoms with Gasteiger partial charge in [-0.25, -0.2) is 14.1 Å². The molecule has 0 atom stereocenters. The fraction of sp³-hybridized carbons (Fsp3) is 0.150. The molecule has 0 bridgehead atoms. The highest BCUT2D eigenvalue weighted by Gasteiger charge is 2.36. The highest BCUT2D eigenvalue weighted by molar-refractivity contribution is 6.39. The molecule has 1 saturated heterocycles. The van der Waals surface area contributed by atoms with Gasteiger partial charge in [-0.15, -0.1) is 0 Å². The largest absolute Gasteiger partial charge is 0.335 e. The molecule has 1 heterocycles. The van der Waals surface area contributed by atoms with E-state index in [1.165, 1.54) is 18.2 Å².